The molecule has 1 aromatic carbocycles. The second kappa shape index (κ2) is 6.27. The lowest BCUT2D eigenvalue weighted by Gasteiger charge is -2.07. The highest BCUT2D eigenvalue weighted by molar-refractivity contribution is 6.02. The van der Waals surface area contributed by atoms with E-state index in [-0.39, 0.29) is 17.6 Å². The number of aromatic nitrogens is 2. The van der Waals surface area contributed by atoms with Gasteiger partial charge in [-0.05, 0) is 18.2 Å². The van der Waals surface area contributed by atoms with E-state index in [1.54, 1.807) is 49.4 Å². The maximum Gasteiger partial charge on any atom is 0.291 e. The fourth-order valence-corrected chi connectivity index (χ4v) is 1.99. The molecule has 0 atom stereocenters. The van der Waals surface area contributed by atoms with E-state index in [9.17, 15) is 4.79 Å². The van der Waals surface area contributed by atoms with Crippen LogP contribution in [-0.4, -0.2) is 22.8 Å². The number of ether oxygens (including phenoxy) is 2. The Morgan fingerprint density at radius 3 is 2.70 bits per heavy atom. The smallest absolute Gasteiger partial charge is 0.291 e. The number of benzene rings is 1. The minimum absolute atomic E-state index is 0.138. The molecule has 3 aromatic rings. The minimum Gasteiger partial charge on any atom is -0.493 e. The summed E-state index contributed by atoms with van der Waals surface area (Å²) in [6.07, 6.45) is 3.24. The summed E-state index contributed by atoms with van der Waals surface area (Å²) >= 11 is 0. The zero-order valence-electron chi connectivity index (χ0n) is 12.6. The summed E-state index contributed by atoms with van der Waals surface area (Å²) in [6, 6.07) is 10.3. The quantitative estimate of drug-likeness (QED) is 0.783. The number of hydrogen-bond donors (Lipinski definition) is 1. The highest BCUT2D eigenvalue weighted by atomic mass is 16.6. The van der Waals surface area contributed by atoms with Crippen LogP contribution in [0.5, 0.6) is 17.4 Å². The molecule has 7 heteroatoms. The van der Waals surface area contributed by atoms with E-state index < -0.39 is 0 Å². The number of hydrogen-bond acceptors (Lipinski definition) is 5. The molecular formula is C16H15N3O4. The molecule has 23 heavy (non-hydrogen) atoms. The fourth-order valence-electron chi connectivity index (χ4n) is 1.99. The third-order valence-electron chi connectivity index (χ3n) is 3.05. The summed E-state index contributed by atoms with van der Waals surface area (Å²) in [5.74, 6) is 1.03. The Balaban J connectivity index is 1.71. The number of methoxy groups -OCH3 is 1. The molecule has 0 aliphatic heterocycles. The topological polar surface area (TPSA) is 78.5 Å². The van der Waals surface area contributed by atoms with Crippen LogP contribution >= 0.6 is 0 Å². The zero-order chi connectivity index (χ0) is 16.2. The van der Waals surface area contributed by atoms with Gasteiger partial charge in [0.2, 0.25) is 0 Å². The first kappa shape index (κ1) is 14.7. The van der Waals surface area contributed by atoms with E-state index in [0.29, 0.717) is 17.2 Å². The molecule has 0 bridgehead atoms. The minimum atomic E-state index is -0.382. The molecule has 1 amide bonds. The second-order valence-electron chi connectivity index (χ2n) is 4.73. The van der Waals surface area contributed by atoms with Gasteiger partial charge < -0.3 is 19.2 Å². The van der Waals surface area contributed by atoms with Gasteiger partial charge in [-0.2, -0.15) is 5.10 Å². The first-order valence-electron chi connectivity index (χ1n) is 6.86. The van der Waals surface area contributed by atoms with Crippen LogP contribution < -0.4 is 14.8 Å². The Morgan fingerprint density at radius 1 is 1.22 bits per heavy atom. The average Bonchev–Trinajstić information content (AvgIpc) is 3.17. The molecule has 0 radical (unpaired) electrons. The van der Waals surface area contributed by atoms with E-state index in [1.807, 2.05) is 12.1 Å². The van der Waals surface area contributed by atoms with Gasteiger partial charge >= 0.3 is 0 Å². The maximum absolute atomic E-state index is 12.1. The highest BCUT2D eigenvalue weighted by Gasteiger charge is 2.14. The summed E-state index contributed by atoms with van der Waals surface area (Å²) in [6.45, 7) is 0. The van der Waals surface area contributed by atoms with E-state index in [0.717, 1.165) is 0 Å². The van der Waals surface area contributed by atoms with Crippen molar-refractivity contribution in [1.29, 1.82) is 0 Å². The number of amides is 1. The molecule has 7 nitrogen and oxygen atoms in total. The molecule has 0 saturated heterocycles. The van der Waals surface area contributed by atoms with Crippen LogP contribution in [0.15, 0.2) is 53.2 Å². The van der Waals surface area contributed by atoms with Crippen LogP contribution in [0.4, 0.5) is 5.69 Å². The lowest BCUT2D eigenvalue weighted by atomic mass is 10.3. The first-order valence-corrected chi connectivity index (χ1v) is 6.86. The predicted octanol–water partition coefficient (Wildman–Crippen LogP) is 3.07. The van der Waals surface area contributed by atoms with Crippen molar-refractivity contribution in [3.8, 4) is 17.4 Å². The average molecular weight is 313 g/mol. The molecule has 3 rings (SSSR count). The van der Waals surface area contributed by atoms with Gasteiger partial charge in [0.05, 0.1) is 19.0 Å². The fraction of sp³-hybridized carbons (Fsp3) is 0.125. The van der Waals surface area contributed by atoms with Crippen molar-refractivity contribution in [2.24, 2.45) is 7.05 Å². The Morgan fingerprint density at radius 2 is 2.00 bits per heavy atom. The van der Waals surface area contributed by atoms with Crippen LogP contribution in [0.1, 0.15) is 10.6 Å². The molecular weight excluding hydrogens is 298 g/mol. The van der Waals surface area contributed by atoms with Crippen molar-refractivity contribution >= 4 is 11.6 Å². The molecule has 118 valence electrons. The largest absolute Gasteiger partial charge is 0.493 e. The van der Waals surface area contributed by atoms with Crippen molar-refractivity contribution in [2.45, 2.75) is 0 Å². The van der Waals surface area contributed by atoms with E-state index in [4.69, 9.17) is 13.9 Å². The monoisotopic (exact) mass is 313 g/mol. The van der Waals surface area contributed by atoms with Crippen molar-refractivity contribution in [3.05, 3.63) is 54.6 Å². The molecule has 0 aliphatic carbocycles. The van der Waals surface area contributed by atoms with E-state index in [1.165, 1.54) is 6.07 Å². The predicted molar refractivity (Wildman–Crippen MR) is 82.9 cm³/mol. The van der Waals surface area contributed by atoms with E-state index >= 15 is 0 Å². The van der Waals surface area contributed by atoms with Crippen LogP contribution in [0.3, 0.4) is 0 Å². The molecule has 0 fully saturated rings. The third kappa shape index (κ3) is 3.34. The lowest BCUT2D eigenvalue weighted by Crippen LogP contribution is -2.10. The number of nitrogens with one attached hydrogen (secondary N) is 1. The molecule has 0 unspecified atom stereocenters. The molecule has 0 aliphatic rings. The number of anilines is 1. The van der Waals surface area contributed by atoms with Crippen LogP contribution in [-0.2, 0) is 7.05 Å². The molecule has 0 spiro atoms. The van der Waals surface area contributed by atoms with Crippen molar-refractivity contribution < 1.29 is 18.7 Å². The molecule has 1 N–H and O–H groups in total. The summed E-state index contributed by atoms with van der Waals surface area (Å²) in [4.78, 5) is 12.1. The van der Waals surface area contributed by atoms with Crippen LogP contribution in [0.2, 0.25) is 0 Å². The number of rotatable bonds is 5. The van der Waals surface area contributed by atoms with Gasteiger partial charge in [0.25, 0.3) is 11.9 Å². The summed E-state index contributed by atoms with van der Waals surface area (Å²) < 4.78 is 17.8. The van der Waals surface area contributed by atoms with Gasteiger partial charge in [-0.1, -0.05) is 12.1 Å². The highest BCUT2D eigenvalue weighted by Crippen LogP contribution is 2.31. The number of aryl methyl sites for hydroxylation is 1. The van der Waals surface area contributed by atoms with Crippen molar-refractivity contribution in [1.82, 2.24) is 9.78 Å². The molecule has 0 saturated carbocycles. The standard InChI is InChI=1S/C16H15N3O4/c1-19-10-11(9-17-19)18-16(20)14-7-8-15(23-14)22-13-6-4-3-5-12(13)21-2/h3-10H,1-2H3,(H,18,20). The lowest BCUT2D eigenvalue weighted by molar-refractivity contribution is 0.0991. The molecule has 2 aromatic heterocycles. The van der Waals surface area contributed by atoms with Gasteiger partial charge in [-0.3, -0.25) is 9.48 Å². The summed E-state index contributed by atoms with van der Waals surface area (Å²) in [7, 11) is 3.32. The van der Waals surface area contributed by atoms with Crippen molar-refractivity contribution in [2.75, 3.05) is 12.4 Å². The maximum atomic E-state index is 12.1. The normalized spacial score (nSPS) is 10.3. The summed E-state index contributed by atoms with van der Waals surface area (Å²) in [5.41, 5.74) is 0.584. The Hall–Kier alpha value is -3.22. The van der Waals surface area contributed by atoms with Gasteiger partial charge in [0.15, 0.2) is 17.3 Å². The Labute approximate surface area is 132 Å². The number of carbonyl (C=O) groups is 1. The van der Waals surface area contributed by atoms with Gasteiger partial charge in [-0.15, -0.1) is 0 Å². The summed E-state index contributed by atoms with van der Waals surface area (Å²) in [5, 5.41) is 6.66. The number of para-hydroxylation sites is 2. The van der Waals surface area contributed by atoms with Crippen LogP contribution in [0.25, 0.3) is 0 Å². The molecule has 2 heterocycles. The SMILES string of the molecule is COc1ccccc1Oc1ccc(C(=O)Nc2cnn(C)c2)o1. The second-order valence-corrected chi connectivity index (χ2v) is 4.73. The number of carbonyl (C=O) groups excluding carboxylic acids is 1. The van der Waals surface area contributed by atoms with Gasteiger partial charge in [0.1, 0.15) is 0 Å². The van der Waals surface area contributed by atoms with Crippen molar-refractivity contribution in [3.63, 3.8) is 0 Å². The van der Waals surface area contributed by atoms with Crippen LogP contribution in [0, 0.1) is 0 Å². The third-order valence-corrected chi connectivity index (χ3v) is 3.05. The number of nitrogens with zero attached hydrogens (tertiary/aromatic N) is 2. The number of furan rings is 1. The zero-order valence-corrected chi connectivity index (χ0v) is 12.6. The van der Waals surface area contributed by atoms with Gasteiger partial charge in [-0.25, -0.2) is 0 Å². The van der Waals surface area contributed by atoms with E-state index in [2.05, 4.69) is 10.4 Å². The first-order chi connectivity index (χ1) is 11.2. The van der Waals surface area contributed by atoms with Gasteiger partial charge in [0, 0.05) is 19.3 Å². The Bertz CT molecular complexity index is 822. The Kier molecular flexibility index (Phi) is 4.01.